The largest absolute Gasteiger partial charge is 0.381 e. The van der Waals surface area contributed by atoms with Crippen LogP contribution in [0.5, 0.6) is 0 Å². The molecule has 0 aliphatic carbocycles. The van der Waals surface area contributed by atoms with Crippen molar-refractivity contribution in [3.8, 4) is 0 Å². The Labute approximate surface area is 122 Å². The van der Waals surface area contributed by atoms with Crippen molar-refractivity contribution < 1.29 is 9.53 Å². The van der Waals surface area contributed by atoms with E-state index in [1.54, 1.807) is 7.11 Å². The predicted molar refractivity (Wildman–Crippen MR) is 79.8 cm³/mol. The van der Waals surface area contributed by atoms with E-state index in [-0.39, 0.29) is 6.04 Å². The standard InChI is InChI=1S/C15H29N3O2/c1-4-16-9-11-18(12-10-16)15(19)13(2)17-7-5-14(20-3)6-8-17/h13-14H,4-12H2,1-3H3. The molecule has 2 rings (SSSR count). The van der Waals surface area contributed by atoms with Crippen molar-refractivity contribution in [3.05, 3.63) is 0 Å². The van der Waals surface area contributed by atoms with E-state index in [2.05, 4.69) is 23.6 Å². The van der Waals surface area contributed by atoms with Crippen LogP contribution in [0.25, 0.3) is 0 Å². The quantitative estimate of drug-likeness (QED) is 0.759. The molecule has 5 heteroatoms. The predicted octanol–water partition coefficient (Wildman–Crippen LogP) is 0.650. The lowest BCUT2D eigenvalue weighted by atomic mass is 10.1. The molecule has 0 N–H and O–H groups in total. The average molecular weight is 283 g/mol. The van der Waals surface area contributed by atoms with E-state index >= 15 is 0 Å². The highest BCUT2D eigenvalue weighted by atomic mass is 16.5. The Balaban J connectivity index is 1.80. The summed E-state index contributed by atoms with van der Waals surface area (Å²) >= 11 is 0. The Morgan fingerprint density at radius 2 is 1.75 bits per heavy atom. The molecule has 0 bridgehead atoms. The summed E-state index contributed by atoms with van der Waals surface area (Å²) in [6, 6.07) is 0.0148. The molecule has 2 fully saturated rings. The van der Waals surface area contributed by atoms with Crippen molar-refractivity contribution in [1.29, 1.82) is 0 Å². The highest BCUT2D eigenvalue weighted by molar-refractivity contribution is 5.81. The third kappa shape index (κ3) is 3.71. The average Bonchev–Trinajstić information content (AvgIpc) is 2.53. The molecule has 116 valence electrons. The van der Waals surface area contributed by atoms with E-state index in [9.17, 15) is 4.79 Å². The van der Waals surface area contributed by atoms with Gasteiger partial charge in [0.25, 0.3) is 0 Å². The van der Waals surface area contributed by atoms with Gasteiger partial charge in [0.15, 0.2) is 0 Å². The first-order chi connectivity index (χ1) is 9.65. The fraction of sp³-hybridized carbons (Fsp3) is 0.933. The third-order valence-electron chi connectivity index (χ3n) is 4.85. The summed E-state index contributed by atoms with van der Waals surface area (Å²) in [6.07, 6.45) is 2.46. The molecular formula is C15H29N3O2. The van der Waals surface area contributed by atoms with Crippen molar-refractivity contribution in [1.82, 2.24) is 14.7 Å². The number of piperidine rings is 1. The Hall–Kier alpha value is -0.650. The smallest absolute Gasteiger partial charge is 0.239 e. The number of amides is 1. The van der Waals surface area contributed by atoms with Gasteiger partial charge in [-0.3, -0.25) is 9.69 Å². The number of hydrogen-bond donors (Lipinski definition) is 0. The van der Waals surface area contributed by atoms with Crippen LogP contribution in [0, 0.1) is 0 Å². The van der Waals surface area contributed by atoms with Gasteiger partial charge in [-0.25, -0.2) is 0 Å². The number of rotatable bonds is 4. The van der Waals surface area contributed by atoms with Gasteiger partial charge in [0.05, 0.1) is 12.1 Å². The fourth-order valence-corrected chi connectivity index (χ4v) is 3.20. The van der Waals surface area contributed by atoms with Crippen molar-refractivity contribution in [3.63, 3.8) is 0 Å². The van der Waals surface area contributed by atoms with E-state index in [4.69, 9.17) is 4.74 Å². The minimum atomic E-state index is 0.0148. The van der Waals surface area contributed by atoms with E-state index in [1.807, 2.05) is 4.90 Å². The molecule has 2 aliphatic heterocycles. The molecule has 20 heavy (non-hydrogen) atoms. The number of likely N-dealkylation sites (N-methyl/N-ethyl adjacent to an activating group) is 1. The molecule has 1 unspecified atom stereocenters. The number of carbonyl (C=O) groups excluding carboxylic acids is 1. The van der Waals surface area contributed by atoms with Gasteiger partial charge in [-0.2, -0.15) is 0 Å². The first kappa shape index (κ1) is 15.7. The van der Waals surface area contributed by atoms with Crippen LogP contribution >= 0.6 is 0 Å². The summed E-state index contributed by atoms with van der Waals surface area (Å²) in [6.45, 7) is 11.1. The maximum atomic E-state index is 12.6. The van der Waals surface area contributed by atoms with E-state index in [0.717, 1.165) is 58.7 Å². The minimum absolute atomic E-state index is 0.0148. The first-order valence-corrected chi connectivity index (χ1v) is 7.93. The zero-order valence-corrected chi connectivity index (χ0v) is 13.2. The summed E-state index contributed by atoms with van der Waals surface area (Å²) in [7, 11) is 1.78. The van der Waals surface area contributed by atoms with Gasteiger partial charge in [0.1, 0.15) is 0 Å². The third-order valence-corrected chi connectivity index (χ3v) is 4.85. The van der Waals surface area contributed by atoms with Gasteiger partial charge in [-0.15, -0.1) is 0 Å². The molecule has 2 aliphatic rings. The minimum Gasteiger partial charge on any atom is -0.381 e. The number of carbonyl (C=O) groups is 1. The monoisotopic (exact) mass is 283 g/mol. The molecule has 1 amide bonds. The Kier molecular flexibility index (Phi) is 5.81. The summed E-state index contributed by atoms with van der Waals surface area (Å²) in [5, 5.41) is 0. The van der Waals surface area contributed by atoms with Crippen LogP contribution in [0.2, 0.25) is 0 Å². The molecule has 0 spiro atoms. The van der Waals surface area contributed by atoms with Gasteiger partial charge >= 0.3 is 0 Å². The molecule has 0 radical (unpaired) electrons. The van der Waals surface area contributed by atoms with Crippen molar-refractivity contribution in [2.45, 2.75) is 38.8 Å². The summed E-state index contributed by atoms with van der Waals surface area (Å²) < 4.78 is 5.39. The SMILES string of the molecule is CCN1CCN(C(=O)C(C)N2CCC(OC)CC2)CC1. The summed E-state index contributed by atoms with van der Waals surface area (Å²) in [5.74, 6) is 0.302. The highest BCUT2D eigenvalue weighted by Crippen LogP contribution is 2.17. The Morgan fingerprint density at radius 1 is 1.15 bits per heavy atom. The number of piperazine rings is 1. The second kappa shape index (κ2) is 7.38. The Bertz CT molecular complexity index is 308. The van der Waals surface area contributed by atoms with Crippen LogP contribution in [-0.4, -0.2) is 85.7 Å². The Morgan fingerprint density at radius 3 is 2.25 bits per heavy atom. The molecule has 0 aromatic heterocycles. The molecule has 0 aromatic carbocycles. The summed E-state index contributed by atoms with van der Waals surface area (Å²) in [5.41, 5.74) is 0. The van der Waals surface area contributed by atoms with Gasteiger partial charge < -0.3 is 14.5 Å². The van der Waals surface area contributed by atoms with Crippen LogP contribution in [0.4, 0.5) is 0 Å². The van der Waals surface area contributed by atoms with Crippen molar-refractivity contribution >= 4 is 5.91 Å². The maximum Gasteiger partial charge on any atom is 0.239 e. The van der Waals surface area contributed by atoms with Crippen LogP contribution in [0.1, 0.15) is 26.7 Å². The normalized spacial score (nSPS) is 24.9. The molecule has 1 atom stereocenters. The zero-order chi connectivity index (χ0) is 14.5. The van der Waals surface area contributed by atoms with Gasteiger partial charge in [0.2, 0.25) is 5.91 Å². The van der Waals surface area contributed by atoms with E-state index in [1.165, 1.54) is 0 Å². The second-order valence-electron chi connectivity index (χ2n) is 5.91. The summed E-state index contributed by atoms with van der Waals surface area (Å²) in [4.78, 5) is 19.3. The molecule has 0 aromatic rings. The number of ether oxygens (including phenoxy) is 1. The first-order valence-electron chi connectivity index (χ1n) is 7.93. The zero-order valence-electron chi connectivity index (χ0n) is 13.2. The molecule has 2 saturated heterocycles. The lowest BCUT2D eigenvalue weighted by molar-refractivity contribution is -0.139. The molecule has 0 saturated carbocycles. The lowest BCUT2D eigenvalue weighted by Gasteiger charge is -2.39. The van der Waals surface area contributed by atoms with Crippen molar-refractivity contribution in [2.75, 3.05) is 52.9 Å². The van der Waals surface area contributed by atoms with Crippen molar-refractivity contribution in [2.24, 2.45) is 0 Å². The maximum absolute atomic E-state index is 12.6. The van der Waals surface area contributed by atoms with Gasteiger partial charge in [0, 0.05) is 46.4 Å². The van der Waals surface area contributed by atoms with Gasteiger partial charge in [-0.1, -0.05) is 6.92 Å². The van der Waals surface area contributed by atoms with E-state index in [0.29, 0.717) is 12.0 Å². The van der Waals surface area contributed by atoms with Crippen LogP contribution in [-0.2, 0) is 9.53 Å². The number of methoxy groups -OCH3 is 1. The van der Waals surface area contributed by atoms with Gasteiger partial charge in [-0.05, 0) is 26.3 Å². The number of hydrogen-bond acceptors (Lipinski definition) is 4. The number of likely N-dealkylation sites (tertiary alicyclic amines) is 1. The molecule has 2 heterocycles. The van der Waals surface area contributed by atoms with Crippen LogP contribution in [0.3, 0.4) is 0 Å². The fourth-order valence-electron chi connectivity index (χ4n) is 3.20. The number of nitrogens with zero attached hydrogens (tertiary/aromatic N) is 3. The second-order valence-corrected chi connectivity index (χ2v) is 5.91. The molecular weight excluding hydrogens is 254 g/mol. The van der Waals surface area contributed by atoms with Crippen LogP contribution < -0.4 is 0 Å². The van der Waals surface area contributed by atoms with E-state index < -0.39 is 0 Å². The highest BCUT2D eigenvalue weighted by Gasteiger charge is 2.30. The lowest BCUT2D eigenvalue weighted by Crippen LogP contribution is -2.55. The van der Waals surface area contributed by atoms with Crippen LogP contribution in [0.15, 0.2) is 0 Å². The molecule has 5 nitrogen and oxygen atoms in total. The topological polar surface area (TPSA) is 36.0 Å².